The number of hydrogen-bond acceptors (Lipinski definition) is 5. The number of aryl methyl sites for hydroxylation is 1. The fraction of sp³-hybridized carbons (Fsp3) is 0.158. The van der Waals surface area contributed by atoms with E-state index in [2.05, 4.69) is 27.5 Å². The zero-order valence-corrected chi connectivity index (χ0v) is 16.0. The van der Waals surface area contributed by atoms with Crippen LogP contribution in [0.1, 0.15) is 11.1 Å². The summed E-state index contributed by atoms with van der Waals surface area (Å²) in [4.78, 5) is 8.89. The van der Waals surface area contributed by atoms with Crippen molar-refractivity contribution in [3.8, 4) is 11.4 Å². The molecule has 27 heavy (non-hydrogen) atoms. The molecule has 0 bridgehead atoms. The highest BCUT2D eigenvalue weighted by atomic mass is 32.1. The molecule has 0 aliphatic rings. The molecule has 0 atom stereocenters. The summed E-state index contributed by atoms with van der Waals surface area (Å²) in [5, 5.41) is 9.27. The zero-order chi connectivity index (χ0) is 19.2. The maximum atomic E-state index is 5.58. The Bertz CT molecular complexity index is 950. The fourth-order valence-corrected chi connectivity index (χ4v) is 2.50. The summed E-state index contributed by atoms with van der Waals surface area (Å²) in [5.74, 6) is 0.747. The minimum Gasteiger partial charge on any atom is -0.375 e. The van der Waals surface area contributed by atoms with Gasteiger partial charge < -0.3 is 15.6 Å². The Kier molecular flexibility index (Phi) is 5.77. The number of hydrazone groups is 1. The molecule has 0 fully saturated rings. The molecule has 3 N–H and O–H groups in total. The van der Waals surface area contributed by atoms with Crippen LogP contribution in [0.5, 0.6) is 0 Å². The van der Waals surface area contributed by atoms with Crippen molar-refractivity contribution in [1.82, 2.24) is 19.5 Å². The number of nitrogens with two attached hydrogens (primary N) is 1. The van der Waals surface area contributed by atoms with Crippen LogP contribution >= 0.6 is 12.2 Å². The molecular weight excluding hydrogens is 358 g/mol. The van der Waals surface area contributed by atoms with Gasteiger partial charge in [0.15, 0.2) is 5.11 Å². The predicted octanol–water partition coefficient (Wildman–Crippen LogP) is 2.60. The number of benzene rings is 1. The van der Waals surface area contributed by atoms with Crippen LogP contribution in [-0.2, 0) is 13.6 Å². The average Bonchev–Trinajstić information content (AvgIpc) is 3.11. The van der Waals surface area contributed by atoms with Crippen molar-refractivity contribution in [2.45, 2.75) is 6.54 Å². The van der Waals surface area contributed by atoms with E-state index >= 15 is 0 Å². The minimum atomic E-state index is 0.203. The number of thiocarbonyl (C=S) groups is 1. The van der Waals surface area contributed by atoms with E-state index in [4.69, 9.17) is 22.9 Å². The van der Waals surface area contributed by atoms with Crippen LogP contribution in [0.15, 0.2) is 60.1 Å². The molecule has 3 rings (SSSR count). The first-order valence-electron chi connectivity index (χ1n) is 8.36. The maximum Gasteiger partial charge on any atom is 0.186 e. The number of imidazole rings is 1. The lowest BCUT2D eigenvalue weighted by Gasteiger charge is -2.11. The van der Waals surface area contributed by atoms with Gasteiger partial charge in [0.25, 0.3) is 0 Å². The highest BCUT2D eigenvalue weighted by Crippen LogP contribution is 2.20. The molecule has 3 aromatic rings. The van der Waals surface area contributed by atoms with E-state index in [1.807, 2.05) is 41.9 Å². The number of pyridine rings is 1. The van der Waals surface area contributed by atoms with Crippen molar-refractivity contribution < 1.29 is 0 Å². The van der Waals surface area contributed by atoms with Gasteiger partial charge in [0.1, 0.15) is 5.82 Å². The smallest absolute Gasteiger partial charge is 0.186 e. The van der Waals surface area contributed by atoms with Crippen molar-refractivity contribution >= 4 is 29.4 Å². The summed E-state index contributed by atoms with van der Waals surface area (Å²) < 4.78 is 1.92. The van der Waals surface area contributed by atoms with Gasteiger partial charge in [-0.05, 0) is 29.9 Å². The third-order valence-electron chi connectivity index (χ3n) is 3.94. The lowest BCUT2D eigenvalue weighted by Crippen LogP contribution is -2.27. The highest BCUT2D eigenvalue weighted by molar-refractivity contribution is 7.80. The minimum absolute atomic E-state index is 0.203. The van der Waals surface area contributed by atoms with Gasteiger partial charge in [0, 0.05) is 26.2 Å². The van der Waals surface area contributed by atoms with E-state index in [0.717, 1.165) is 22.8 Å². The molecule has 7 nitrogen and oxygen atoms in total. The van der Waals surface area contributed by atoms with E-state index in [9.17, 15) is 0 Å². The molecule has 0 aliphatic heterocycles. The molecule has 2 heterocycles. The largest absolute Gasteiger partial charge is 0.375 e. The number of nitrogens with one attached hydrogen (secondary N) is 1. The number of nitrogens with zero attached hydrogens (tertiary/aromatic N) is 5. The Morgan fingerprint density at radius 2 is 2.11 bits per heavy atom. The van der Waals surface area contributed by atoms with Crippen LogP contribution in [0.25, 0.3) is 11.4 Å². The Morgan fingerprint density at radius 3 is 2.78 bits per heavy atom. The summed E-state index contributed by atoms with van der Waals surface area (Å²) in [5.41, 5.74) is 9.34. The molecule has 8 heteroatoms. The molecule has 0 saturated heterocycles. The highest BCUT2D eigenvalue weighted by Gasteiger charge is 2.08. The number of aromatic nitrogens is 3. The molecule has 0 unspecified atom stereocenters. The SMILES string of the molecule is CN(N=Cc1cc(NCc2ccccc2)nc(-c2cncn2C)c1)C(N)=S. The fourth-order valence-electron chi connectivity index (χ4n) is 2.45. The summed E-state index contributed by atoms with van der Waals surface area (Å²) >= 11 is 4.92. The molecule has 138 valence electrons. The van der Waals surface area contributed by atoms with Crippen molar-refractivity contribution in [1.29, 1.82) is 0 Å². The van der Waals surface area contributed by atoms with Crippen LogP contribution in [0, 0.1) is 0 Å². The predicted molar refractivity (Wildman–Crippen MR) is 112 cm³/mol. The van der Waals surface area contributed by atoms with Gasteiger partial charge in [0.05, 0.1) is 30.1 Å². The second-order valence-corrected chi connectivity index (χ2v) is 6.42. The molecule has 0 radical (unpaired) electrons. The number of rotatable bonds is 6. The molecule has 0 aliphatic carbocycles. The Labute approximate surface area is 163 Å². The lowest BCUT2D eigenvalue weighted by atomic mass is 10.2. The zero-order valence-electron chi connectivity index (χ0n) is 15.2. The first kappa shape index (κ1) is 18.5. The third kappa shape index (κ3) is 4.89. The Balaban J connectivity index is 1.90. The second-order valence-electron chi connectivity index (χ2n) is 6.01. The molecule has 1 aromatic carbocycles. The molecule has 0 spiro atoms. The second kappa shape index (κ2) is 8.41. The third-order valence-corrected chi connectivity index (χ3v) is 4.21. The average molecular weight is 379 g/mol. The van der Waals surface area contributed by atoms with Crippen molar-refractivity contribution in [3.05, 3.63) is 66.1 Å². The Morgan fingerprint density at radius 1 is 1.33 bits per heavy atom. The van der Waals surface area contributed by atoms with E-state index < -0.39 is 0 Å². The quantitative estimate of drug-likeness (QED) is 0.389. The first-order chi connectivity index (χ1) is 13.0. The van der Waals surface area contributed by atoms with Gasteiger partial charge in [-0.1, -0.05) is 30.3 Å². The first-order valence-corrected chi connectivity index (χ1v) is 8.77. The summed E-state index contributed by atoms with van der Waals surface area (Å²) in [7, 11) is 3.64. The van der Waals surface area contributed by atoms with E-state index in [-0.39, 0.29) is 5.11 Å². The van der Waals surface area contributed by atoms with Gasteiger partial charge >= 0.3 is 0 Å². The molecule has 0 amide bonds. The molecule has 2 aromatic heterocycles. The van der Waals surface area contributed by atoms with E-state index in [1.165, 1.54) is 10.6 Å². The number of hydrogen-bond donors (Lipinski definition) is 2. The van der Waals surface area contributed by atoms with Gasteiger partial charge in [-0.25, -0.2) is 15.0 Å². The van der Waals surface area contributed by atoms with Gasteiger partial charge in [-0.15, -0.1) is 0 Å². The normalized spacial score (nSPS) is 10.9. The van der Waals surface area contributed by atoms with Crippen molar-refractivity contribution in [2.24, 2.45) is 17.9 Å². The van der Waals surface area contributed by atoms with Crippen LogP contribution < -0.4 is 11.1 Å². The molecule has 0 saturated carbocycles. The van der Waals surface area contributed by atoms with E-state index in [0.29, 0.717) is 6.54 Å². The lowest BCUT2D eigenvalue weighted by molar-refractivity contribution is 0.552. The van der Waals surface area contributed by atoms with Crippen LogP contribution in [0.2, 0.25) is 0 Å². The topological polar surface area (TPSA) is 84.4 Å². The summed E-state index contributed by atoms with van der Waals surface area (Å²) in [6.07, 6.45) is 5.23. The van der Waals surface area contributed by atoms with Crippen molar-refractivity contribution in [2.75, 3.05) is 12.4 Å². The van der Waals surface area contributed by atoms with Crippen LogP contribution in [0.4, 0.5) is 5.82 Å². The van der Waals surface area contributed by atoms with Gasteiger partial charge in [-0.2, -0.15) is 5.10 Å². The standard InChI is InChI=1S/C19H21N7S/c1-25-13-21-12-17(25)16-8-15(11-23-26(2)19(20)27)9-18(24-16)22-10-14-6-4-3-5-7-14/h3-9,11-13H,10H2,1-2H3,(H2,20,27)(H,22,24). The summed E-state index contributed by atoms with van der Waals surface area (Å²) in [6, 6.07) is 14.0. The number of anilines is 1. The Hall–Kier alpha value is -3.26. The van der Waals surface area contributed by atoms with Crippen molar-refractivity contribution in [3.63, 3.8) is 0 Å². The van der Waals surface area contributed by atoms with Crippen LogP contribution in [-0.4, -0.2) is 37.9 Å². The monoisotopic (exact) mass is 379 g/mol. The molecular formula is C19H21N7S. The maximum absolute atomic E-state index is 5.58. The van der Waals surface area contributed by atoms with E-state index in [1.54, 1.807) is 25.8 Å². The van der Waals surface area contributed by atoms with Crippen LogP contribution in [0.3, 0.4) is 0 Å². The van der Waals surface area contributed by atoms with Gasteiger partial charge in [-0.3, -0.25) is 0 Å². The summed E-state index contributed by atoms with van der Waals surface area (Å²) in [6.45, 7) is 0.673. The van der Waals surface area contributed by atoms with Gasteiger partial charge in [0.2, 0.25) is 0 Å².